The number of nitrogens with zero attached hydrogens (tertiary/aromatic N) is 1. The number of carbonyl (C=O) groups is 1. The van der Waals surface area contributed by atoms with Crippen LogP contribution in [0.5, 0.6) is 0 Å². The maximum absolute atomic E-state index is 11.2. The molecule has 1 aromatic rings. The highest BCUT2D eigenvalue weighted by Crippen LogP contribution is 2.28. The van der Waals surface area contributed by atoms with Gasteiger partial charge in [-0.05, 0) is 56.5 Å². The molecule has 0 aliphatic heterocycles. The summed E-state index contributed by atoms with van der Waals surface area (Å²) in [5.41, 5.74) is 2.77. The minimum atomic E-state index is -0.799. The molecule has 3 heteroatoms. The lowest BCUT2D eigenvalue weighted by atomic mass is 9.81. The van der Waals surface area contributed by atoms with Crippen LogP contribution in [-0.4, -0.2) is 36.6 Å². The summed E-state index contributed by atoms with van der Waals surface area (Å²) in [7, 11) is 4.14. The molecule has 0 bridgehead atoms. The van der Waals surface area contributed by atoms with Gasteiger partial charge in [-0.15, -0.1) is 0 Å². The topological polar surface area (TPSA) is 40.5 Å². The molecule has 1 aromatic carbocycles. The largest absolute Gasteiger partial charge is 0.478 e. The van der Waals surface area contributed by atoms with E-state index in [9.17, 15) is 9.90 Å². The van der Waals surface area contributed by atoms with Gasteiger partial charge < -0.3 is 10.0 Å². The average molecular weight is 233 g/mol. The Morgan fingerprint density at radius 3 is 2.88 bits per heavy atom. The van der Waals surface area contributed by atoms with E-state index in [1.54, 1.807) is 6.07 Å². The molecular weight excluding hydrogens is 214 g/mol. The van der Waals surface area contributed by atoms with Gasteiger partial charge in [-0.3, -0.25) is 0 Å². The molecule has 0 amide bonds. The van der Waals surface area contributed by atoms with E-state index in [1.165, 1.54) is 5.56 Å². The highest BCUT2D eigenvalue weighted by Gasteiger charge is 2.23. The van der Waals surface area contributed by atoms with Gasteiger partial charge in [-0.1, -0.05) is 12.1 Å². The van der Waals surface area contributed by atoms with Gasteiger partial charge in [0.15, 0.2) is 0 Å². The number of rotatable bonds is 3. The molecule has 2 rings (SSSR count). The lowest BCUT2D eigenvalue weighted by Crippen LogP contribution is -2.27. The van der Waals surface area contributed by atoms with E-state index in [0.717, 1.165) is 31.4 Å². The van der Waals surface area contributed by atoms with E-state index in [2.05, 4.69) is 25.1 Å². The standard InChI is InChI=1S/C14H19NO2/c1-15(2)9-10-6-7-11-4-3-5-12(14(16)17)13(11)8-10/h3-5,10H,6-9H2,1-2H3,(H,16,17). The van der Waals surface area contributed by atoms with Gasteiger partial charge in [0.05, 0.1) is 5.56 Å². The molecule has 0 fully saturated rings. The van der Waals surface area contributed by atoms with Crippen molar-refractivity contribution in [1.82, 2.24) is 4.90 Å². The van der Waals surface area contributed by atoms with Crippen LogP contribution in [0.2, 0.25) is 0 Å². The summed E-state index contributed by atoms with van der Waals surface area (Å²) >= 11 is 0. The summed E-state index contributed by atoms with van der Waals surface area (Å²) in [6.45, 7) is 1.04. The molecule has 1 N–H and O–H groups in total. The van der Waals surface area contributed by atoms with Crippen LogP contribution in [0.25, 0.3) is 0 Å². The minimum Gasteiger partial charge on any atom is -0.478 e. The Bertz CT molecular complexity index is 426. The Labute approximate surface area is 102 Å². The molecule has 0 heterocycles. The Hall–Kier alpha value is -1.35. The third kappa shape index (κ3) is 2.67. The molecule has 3 nitrogen and oxygen atoms in total. The predicted molar refractivity (Wildman–Crippen MR) is 67.5 cm³/mol. The molecule has 0 spiro atoms. The summed E-state index contributed by atoms with van der Waals surface area (Å²) < 4.78 is 0. The Balaban J connectivity index is 2.26. The monoisotopic (exact) mass is 233 g/mol. The van der Waals surface area contributed by atoms with Gasteiger partial charge >= 0.3 is 5.97 Å². The zero-order valence-electron chi connectivity index (χ0n) is 10.4. The molecule has 1 aliphatic carbocycles. The van der Waals surface area contributed by atoms with Crippen LogP contribution < -0.4 is 0 Å². The van der Waals surface area contributed by atoms with Crippen molar-refractivity contribution in [3.05, 3.63) is 34.9 Å². The maximum Gasteiger partial charge on any atom is 0.335 e. The number of hydrogen-bond donors (Lipinski definition) is 1. The minimum absolute atomic E-state index is 0.492. The second-order valence-corrected chi connectivity index (χ2v) is 5.12. The third-order valence-corrected chi connectivity index (χ3v) is 3.44. The smallest absolute Gasteiger partial charge is 0.335 e. The summed E-state index contributed by atoms with van der Waals surface area (Å²) in [4.78, 5) is 13.4. The van der Waals surface area contributed by atoms with Crippen LogP contribution in [0.4, 0.5) is 0 Å². The maximum atomic E-state index is 11.2. The third-order valence-electron chi connectivity index (χ3n) is 3.44. The zero-order valence-corrected chi connectivity index (χ0v) is 10.4. The molecule has 0 saturated carbocycles. The number of carboxylic acid groups (broad SMARTS) is 1. The Morgan fingerprint density at radius 2 is 2.24 bits per heavy atom. The van der Waals surface area contributed by atoms with Gasteiger partial charge in [0.2, 0.25) is 0 Å². The quantitative estimate of drug-likeness (QED) is 0.868. The number of fused-ring (bicyclic) bond motifs is 1. The molecule has 92 valence electrons. The molecule has 1 unspecified atom stereocenters. The Kier molecular flexibility index (Phi) is 3.48. The molecule has 1 atom stereocenters. The van der Waals surface area contributed by atoms with Crippen LogP contribution in [0.1, 0.15) is 27.9 Å². The molecule has 1 aliphatic rings. The first-order valence-corrected chi connectivity index (χ1v) is 6.06. The number of benzene rings is 1. The first kappa shape index (κ1) is 12.1. The molecule has 0 aromatic heterocycles. The van der Waals surface area contributed by atoms with Gasteiger partial charge in [-0.2, -0.15) is 0 Å². The van der Waals surface area contributed by atoms with Crippen molar-refractivity contribution < 1.29 is 9.90 Å². The summed E-state index contributed by atoms with van der Waals surface area (Å²) in [5, 5.41) is 9.20. The second-order valence-electron chi connectivity index (χ2n) is 5.12. The fourth-order valence-electron chi connectivity index (χ4n) is 2.73. The molecule has 0 saturated heterocycles. The van der Waals surface area contributed by atoms with Crippen molar-refractivity contribution in [1.29, 1.82) is 0 Å². The number of aromatic carboxylic acids is 1. The van der Waals surface area contributed by atoms with Crippen molar-refractivity contribution in [3.8, 4) is 0 Å². The van der Waals surface area contributed by atoms with Crippen LogP contribution in [0.15, 0.2) is 18.2 Å². The molecule has 0 radical (unpaired) electrons. The van der Waals surface area contributed by atoms with Crippen LogP contribution in [0, 0.1) is 5.92 Å². The number of aryl methyl sites for hydroxylation is 1. The second kappa shape index (κ2) is 4.88. The average Bonchev–Trinajstić information content (AvgIpc) is 2.27. The lowest BCUT2D eigenvalue weighted by Gasteiger charge is -2.27. The summed E-state index contributed by atoms with van der Waals surface area (Å²) in [5.74, 6) is -0.217. The number of carboxylic acids is 1. The van der Waals surface area contributed by atoms with Crippen LogP contribution >= 0.6 is 0 Å². The van der Waals surface area contributed by atoms with Crippen LogP contribution in [0.3, 0.4) is 0 Å². The highest BCUT2D eigenvalue weighted by atomic mass is 16.4. The first-order chi connectivity index (χ1) is 8.08. The van der Waals surface area contributed by atoms with Crippen molar-refractivity contribution in [2.45, 2.75) is 19.3 Å². The summed E-state index contributed by atoms with van der Waals surface area (Å²) in [6.07, 6.45) is 3.07. The molecular formula is C14H19NO2. The van der Waals surface area contributed by atoms with Crippen LogP contribution in [-0.2, 0) is 12.8 Å². The summed E-state index contributed by atoms with van der Waals surface area (Å²) in [6, 6.07) is 5.64. The van der Waals surface area contributed by atoms with E-state index >= 15 is 0 Å². The van der Waals surface area contributed by atoms with Gasteiger partial charge in [-0.25, -0.2) is 4.79 Å². The fraction of sp³-hybridized carbons (Fsp3) is 0.500. The fourth-order valence-corrected chi connectivity index (χ4v) is 2.73. The van der Waals surface area contributed by atoms with E-state index < -0.39 is 5.97 Å². The first-order valence-electron chi connectivity index (χ1n) is 6.06. The highest BCUT2D eigenvalue weighted by molar-refractivity contribution is 5.89. The Morgan fingerprint density at radius 1 is 1.47 bits per heavy atom. The van der Waals surface area contributed by atoms with Crippen molar-refractivity contribution >= 4 is 5.97 Å². The zero-order chi connectivity index (χ0) is 12.4. The van der Waals surface area contributed by atoms with E-state index in [1.807, 2.05) is 6.07 Å². The predicted octanol–water partition coefficient (Wildman–Crippen LogP) is 2.05. The number of hydrogen-bond acceptors (Lipinski definition) is 2. The van der Waals surface area contributed by atoms with Gasteiger partial charge in [0, 0.05) is 6.54 Å². The van der Waals surface area contributed by atoms with Gasteiger partial charge in [0.25, 0.3) is 0 Å². The van der Waals surface area contributed by atoms with E-state index in [4.69, 9.17) is 0 Å². The normalized spacial score (nSPS) is 19.1. The van der Waals surface area contributed by atoms with Crippen molar-refractivity contribution in [3.63, 3.8) is 0 Å². The van der Waals surface area contributed by atoms with Gasteiger partial charge in [0.1, 0.15) is 0 Å². The van der Waals surface area contributed by atoms with Crippen molar-refractivity contribution in [2.75, 3.05) is 20.6 Å². The van der Waals surface area contributed by atoms with E-state index in [-0.39, 0.29) is 0 Å². The lowest BCUT2D eigenvalue weighted by molar-refractivity contribution is 0.0695. The van der Waals surface area contributed by atoms with Crippen molar-refractivity contribution in [2.24, 2.45) is 5.92 Å². The SMILES string of the molecule is CN(C)CC1CCc2cccc(C(=O)O)c2C1. The van der Waals surface area contributed by atoms with E-state index in [0.29, 0.717) is 11.5 Å². The molecule has 17 heavy (non-hydrogen) atoms.